The van der Waals surface area contributed by atoms with Crippen LogP contribution in [0.3, 0.4) is 0 Å². The predicted molar refractivity (Wildman–Crippen MR) is 142 cm³/mol. The number of pyridine rings is 1. The summed E-state index contributed by atoms with van der Waals surface area (Å²) in [4.78, 5) is 48.3. The van der Waals surface area contributed by atoms with E-state index in [0.717, 1.165) is 15.7 Å². The van der Waals surface area contributed by atoms with Crippen LogP contribution in [0.15, 0.2) is 54.7 Å². The van der Waals surface area contributed by atoms with Gasteiger partial charge in [-0.2, -0.15) is 0 Å². The first-order valence-corrected chi connectivity index (χ1v) is 13.4. The summed E-state index contributed by atoms with van der Waals surface area (Å²) in [5, 5.41) is 16.8. The molecule has 16 heteroatoms. The third-order valence-corrected chi connectivity index (χ3v) is 6.49. The molecule has 1 heterocycles. The van der Waals surface area contributed by atoms with Crippen molar-refractivity contribution in [1.82, 2.24) is 15.2 Å². The Hall–Kier alpha value is -1.68. The van der Waals surface area contributed by atoms with Crippen LogP contribution in [0, 0.1) is 5.82 Å². The number of aliphatic hydroxyl groups is 1. The number of hydrogen-bond acceptors (Lipinski definition) is 7. The van der Waals surface area contributed by atoms with Crippen molar-refractivity contribution in [3.63, 3.8) is 0 Å². The van der Waals surface area contributed by atoms with Gasteiger partial charge in [0.1, 0.15) is 18.2 Å². The topological polar surface area (TPSA) is 171 Å². The molecule has 0 spiro atoms. The second-order valence-corrected chi connectivity index (χ2v) is 10.1. The van der Waals surface area contributed by atoms with Crippen molar-refractivity contribution in [2.24, 2.45) is 0 Å². The second kappa shape index (κ2) is 16.1. The summed E-state index contributed by atoms with van der Waals surface area (Å²) in [6, 6.07) is 11.5. The van der Waals surface area contributed by atoms with Crippen LogP contribution in [0.2, 0.25) is 5.02 Å². The number of benzene rings is 2. The van der Waals surface area contributed by atoms with Gasteiger partial charge in [-0.15, -0.1) is 0 Å². The zero-order valence-corrected chi connectivity index (χ0v) is 26.4. The molecular weight excluding hydrogens is 597 g/mol. The van der Waals surface area contributed by atoms with Gasteiger partial charge in [-0.3, -0.25) is 9.84 Å². The van der Waals surface area contributed by atoms with Gasteiger partial charge in [-0.05, 0) is 29.5 Å². The van der Waals surface area contributed by atoms with Crippen molar-refractivity contribution in [1.29, 1.82) is 0 Å². The predicted octanol–water partition coefficient (Wildman–Crippen LogP) is 0.763. The Labute approximate surface area is 278 Å². The van der Waals surface area contributed by atoms with Gasteiger partial charge >= 0.3 is 71.3 Å². The molecule has 2 aromatic carbocycles. The smallest absolute Gasteiger partial charge is 1.00 e. The van der Waals surface area contributed by atoms with E-state index in [4.69, 9.17) is 26.1 Å². The van der Waals surface area contributed by atoms with E-state index in [1.807, 2.05) is 24.3 Å². The minimum atomic E-state index is -4.85. The molecule has 0 aliphatic rings. The number of fused-ring (bicyclic) bond motifs is 1. The SMILES string of the molecule is CN(C(=O)NCc1cccc(F)c1Cl)[C@H](COC(=O)Nc1cc2ccccc2cn1)C[C@H](O)COP(=O)(O)O.[H-].[K+]. The molecule has 0 saturated heterocycles. The number of nitrogens with one attached hydrogen (secondary N) is 2. The summed E-state index contributed by atoms with van der Waals surface area (Å²) >= 11 is 5.92. The van der Waals surface area contributed by atoms with Crippen LogP contribution in [0.5, 0.6) is 0 Å². The fourth-order valence-corrected chi connectivity index (χ4v) is 4.07. The molecule has 0 saturated carbocycles. The quantitative estimate of drug-likeness (QED) is 0.153. The number of aromatic nitrogens is 1. The molecule has 3 amide bonds. The van der Waals surface area contributed by atoms with Gasteiger partial charge in [-0.25, -0.2) is 23.5 Å². The number of hydrogen-bond donors (Lipinski definition) is 5. The Morgan fingerprint density at radius 1 is 1.18 bits per heavy atom. The Bertz CT molecular complexity index is 1370. The normalized spacial score (nSPS) is 12.7. The Morgan fingerprint density at radius 2 is 1.88 bits per heavy atom. The van der Waals surface area contributed by atoms with Gasteiger partial charge in [0, 0.05) is 25.2 Å². The molecule has 0 radical (unpaired) electrons. The molecule has 40 heavy (non-hydrogen) atoms. The second-order valence-electron chi connectivity index (χ2n) is 8.45. The van der Waals surface area contributed by atoms with Gasteiger partial charge < -0.3 is 31.3 Å². The first-order chi connectivity index (χ1) is 18.4. The summed E-state index contributed by atoms with van der Waals surface area (Å²) in [6.45, 7) is -1.26. The summed E-state index contributed by atoms with van der Waals surface area (Å²) in [7, 11) is -3.49. The number of nitrogens with zero attached hydrogens (tertiary/aromatic N) is 2. The van der Waals surface area contributed by atoms with Crippen LogP contribution in [-0.2, 0) is 20.4 Å². The molecule has 212 valence electrons. The van der Waals surface area contributed by atoms with Crippen molar-refractivity contribution in [3.05, 3.63) is 71.1 Å². The first kappa shape index (κ1) is 34.5. The number of anilines is 1. The number of urea groups is 1. The van der Waals surface area contributed by atoms with Crippen LogP contribution in [0.1, 0.15) is 13.4 Å². The van der Waals surface area contributed by atoms with E-state index in [-0.39, 0.29) is 76.6 Å². The third kappa shape index (κ3) is 10.9. The number of carbonyl (C=O) groups is 2. The standard InChI is InChI=1S/C24H27ClFN4O8P.K.H/c1-30(23(32)28-12-17-7-4-8-20(26)22(17)25)18(10-19(31)14-38-39(34,35)36)13-37-24(33)29-21-9-15-5-2-3-6-16(15)11-27-21;;/h2-9,11,18-19,31H,10,12-14H2,1H3,(H,28,32)(H,27,29,33)(H2,34,35,36);;/q;+1;-1/t18-,19-;;/m0../s1. The third-order valence-electron chi connectivity index (χ3n) is 5.58. The van der Waals surface area contributed by atoms with Crippen molar-refractivity contribution < 1.29 is 95.5 Å². The van der Waals surface area contributed by atoms with E-state index in [9.17, 15) is 23.7 Å². The van der Waals surface area contributed by atoms with E-state index in [1.165, 1.54) is 25.2 Å². The van der Waals surface area contributed by atoms with Gasteiger partial charge in [0.25, 0.3) is 0 Å². The van der Waals surface area contributed by atoms with Crippen LogP contribution in [-0.4, -0.2) is 69.3 Å². The number of phosphoric acid groups is 1. The number of rotatable bonds is 11. The Morgan fingerprint density at radius 3 is 2.58 bits per heavy atom. The molecule has 0 aliphatic carbocycles. The van der Waals surface area contributed by atoms with Crippen molar-refractivity contribution in [2.45, 2.75) is 25.1 Å². The molecule has 1 aromatic heterocycles. The number of aliphatic hydroxyl groups excluding tert-OH is 1. The molecule has 12 nitrogen and oxygen atoms in total. The Balaban J connectivity index is 0.00000420. The van der Waals surface area contributed by atoms with Gasteiger partial charge in [0.15, 0.2) is 0 Å². The molecule has 3 rings (SSSR count). The number of halogens is 2. The van der Waals surface area contributed by atoms with Crippen molar-refractivity contribution in [3.8, 4) is 0 Å². The molecule has 5 N–H and O–H groups in total. The number of amides is 3. The number of carbonyl (C=O) groups excluding carboxylic acids is 2. The maximum atomic E-state index is 13.7. The first-order valence-electron chi connectivity index (χ1n) is 11.5. The summed E-state index contributed by atoms with van der Waals surface area (Å²) in [5.41, 5.74) is 0.323. The maximum absolute atomic E-state index is 13.7. The van der Waals surface area contributed by atoms with Crippen LogP contribution in [0.4, 0.5) is 19.8 Å². The van der Waals surface area contributed by atoms with Gasteiger partial charge in [0.05, 0.1) is 23.8 Å². The summed E-state index contributed by atoms with van der Waals surface area (Å²) < 4.78 is 34.2. The fourth-order valence-electron chi connectivity index (χ4n) is 3.51. The number of phosphoric ester groups is 1. The largest absolute Gasteiger partial charge is 1.00 e. The summed E-state index contributed by atoms with van der Waals surface area (Å²) in [6.07, 6.45) is -1.01. The van der Waals surface area contributed by atoms with Crippen LogP contribution in [0.25, 0.3) is 10.8 Å². The Kier molecular flexibility index (Phi) is 13.9. The van der Waals surface area contributed by atoms with Gasteiger partial charge in [0.2, 0.25) is 0 Å². The van der Waals surface area contributed by atoms with Crippen LogP contribution >= 0.6 is 19.4 Å². The zero-order chi connectivity index (χ0) is 28.6. The molecular formula is C24H28ClFKN4O8P. The van der Waals surface area contributed by atoms with E-state index in [2.05, 4.69) is 20.1 Å². The van der Waals surface area contributed by atoms with Crippen LogP contribution < -0.4 is 62.0 Å². The molecule has 0 fully saturated rings. The molecule has 0 aliphatic heterocycles. The molecule has 0 bridgehead atoms. The minimum absolute atomic E-state index is 0. The molecule has 3 aromatic rings. The number of ether oxygens (including phenoxy) is 1. The average molecular weight is 625 g/mol. The maximum Gasteiger partial charge on any atom is 1.00 e. The monoisotopic (exact) mass is 624 g/mol. The zero-order valence-electron chi connectivity index (χ0n) is 22.7. The van der Waals surface area contributed by atoms with Crippen molar-refractivity contribution >= 4 is 48.1 Å². The minimum Gasteiger partial charge on any atom is -1.00 e. The summed E-state index contributed by atoms with van der Waals surface area (Å²) in [5.74, 6) is -0.425. The van der Waals surface area contributed by atoms with Gasteiger partial charge in [-0.1, -0.05) is 48.0 Å². The molecule has 2 atom stereocenters. The fraction of sp³-hybridized carbons (Fsp3) is 0.292. The number of likely N-dealkylation sites (N-methyl/N-ethyl adjacent to an activating group) is 1. The average Bonchev–Trinajstić information content (AvgIpc) is 2.89. The van der Waals surface area contributed by atoms with E-state index >= 15 is 0 Å². The van der Waals surface area contributed by atoms with E-state index < -0.39 is 51.1 Å². The van der Waals surface area contributed by atoms with E-state index in [1.54, 1.807) is 12.3 Å². The molecule has 0 unspecified atom stereocenters. The van der Waals surface area contributed by atoms with Crippen molar-refractivity contribution in [2.75, 3.05) is 25.6 Å². The van der Waals surface area contributed by atoms with E-state index in [0.29, 0.717) is 5.56 Å².